The van der Waals surface area contributed by atoms with Crippen molar-refractivity contribution in [2.75, 3.05) is 13.6 Å². The molecule has 3 heteroatoms. The van der Waals surface area contributed by atoms with E-state index in [0.717, 1.165) is 23.1 Å². The highest BCUT2D eigenvalue weighted by atomic mass is 79.9. The second-order valence-electron chi connectivity index (χ2n) is 3.62. The molecule has 0 saturated heterocycles. The van der Waals surface area contributed by atoms with Gasteiger partial charge in [-0.25, -0.2) is 0 Å². The van der Waals surface area contributed by atoms with E-state index in [1.165, 1.54) is 11.1 Å². The van der Waals surface area contributed by atoms with E-state index in [4.69, 9.17) is 0 Å². The van der Waals surface area contributed by atoms with Gasteiger partial charge >= 0.3 is 0 Å². The summed E-state index contributed by atoms with van der Waals surface area (Å²) in [4.78, 5) is 0. The van der Waals surface area contributed by atoms with Crippen LogP contribution in [-0.2, 0) is 6.42 Å². The molecule has 0 fully saturated rings. The van der Waals surface area contributed by atoms with Crippen LogP contribution in [-0.4, -0.2) is 24.3 Å². The quantitative estimate of drug-likeness (QED) is 0.694. The van der Waals surface area contributed by atoms with Gasteiger partial charge in [0.15, 0.2) is 0 Å². The lowest BCUT2D eigenvalue weighted by molar-refractivity contribution is 0.362. The molecule has 0 amide bonds. The first-order chi connectivity index (χ1) is 6.66. The fraction of sp³-hybridized carbons (Fsp3) is 0.364. The summed E-state index contributed by atoms with van der Waals surface area (Å²) in [6, 6.07) is 6.42. The first-order valence-corrected chi connectivity index (χ1v) is 5.51. The smallest absolute Gasteiger partial charge is 0.0649 e. The minimum atomic E-state index is 0.992. The SMILES string of the molecule is CC1=NN(C)CCc2ccc(Br)cc21. The Hall–Kier alpha value is -0.830. The maximum Gasteiger partial charge on any atom is 0.0649 e. The van der Waals surface area contributed by atoms with Gasteiger partial charge in [-0.05, 0) is 31.0 Å². The van der Waals surface area contributed by atoms with Crippen LogP contribution in [0.5, 0.6) is 0 Å². The Balaban J connectivity index is 2.51. The van der Waals surface area contributed by atoms with Gasteiger partial charge in [-0.1, -0.05) is 22.0 Å². The van der Waals surface area contributed by atoms with Crippen LogP contribution in [0, 0.1) is 0 Å². The summed E-state index contributed by atoms with van der Waals surface area (Å²) in [6.07, 6.45) is 1.07. The van der Waals surface area contributed by atoms with Gasteiger partial charge in [-0.15, -0.1) is 0 Å². The lowest BCUT2D eigenvalue weighted by Crippen LogP contribution is -2.13. The largest absolute Gasteiger partial charge is 0.300 e. The van der Waals surface area contributed by atoms with Gasteiger partial charge in [0.05, 0.1) is 5.71 Å². The summed E-state index contributed by atoms with van der Waals surface area (Å²) in [6.45, 7) is 3.05. The van der Waals surface area contributed by atoms with Crippen molar-refractivity contribution >= 4 is 21.6 Å². The van der Waals surface area contributed by atoms with Crippen molar-refractivity contribution in [1.29, 1.82) is 0 Å². The van der Waals surface area contributed by atoms with E-state index in [-0.39, 0.29) is 0 Å². The van der Waals surface area contributed by atoms with Crippen LogP contribution in [0.4, 0.5) is 0 Å². The van der Waals surface area contributed by atoms with Crippen LogP contribution in [0.2, 0.25) is 0 Å². The minimum absolute atomic E-state index is 0.992. The predicted molar refractivity (Wildman–Crippen MR) is 62.7 cm³/mol. The molecule has 74 valence electrons. The number of nitrogens with zero attached hydrogens (tertiary/aromatic N) is 2. The average molecular weight is 253 g/mol. The molecule has 1 aliphatic heterocycles. The number of fused-ring (bicyclic) bond motifs is 1. The van der Waals surface area contributed by atoms with Crippen LogP contribution in [0.1, 0.15) is 18.1 Å². The third-order valence-corrected chi connectivity index (χ3v) is 2.98. The number of hydrogen-bond donors (Lipinski definition) is 0. The molecule has 0 bridgehead atoms. The zero-order chi connectivity index (χ0) is 10.1. The van der Waals surface area contributed by atoms with Gasteiger partial charge in [0.25, 0.3) is 0 Å². The number of halogens is 1. The average Bonchev–Trinajstić information content (AvgIpc) is 2.27. The van der Waals surface area contributed by atoms with Crippen LogP contribution < -0.4 is 0 Å². The van der Waals surface area contributed by atoms with Crippen LogP contribution in [0.25, 0.3) is 0 Å². The van der Waals surface area contributed by atoms with Crippen molar-refractivity contribution < 1.29 is 0 Å². The molecule has 2 rings (SSSR count). The Labute approximate surface area is 92.7 Å². The minimum Gasteiger partial charge on any atom is -0.300 e. The number of benzene rings is 1. The molecule has 0 aromatic heterocycles. The normalized spacial score (nSPS) is 15.9. The van der Waals surface area contributed by atoms with Gasteiger partial charge in [0.1, 0.15) is 0 Å². The van der Waals surface area contributed by atoms with E-state index in [2.05, 4.69) is 46.2 Å². The van der Waals surface area contributed by atoms with Crippen molar-refractivity contribution in [2.24, 2.45) is 5.10 Å². The van der Waals surface area contributed by atoms with Crippen LogP contribution in [0.3, 0.4) is 0 Å². The molecule has 1 heterocycles. The van der Waals surface area contributed by atoms with E-state index in [1.807, 2.05) is 12.1 Å². The lowest BCUT2D eigenvalue weighted by Gasteiger charge is -2.09. The zero-order valence-electron chi connectivity index (χ0n) is 8.42. The van der Waals surface area contributed by atoms with Crippen molar-refractivity contribution in [1.82, 2.24) is 5.01 Å². The van der Waals surface area contributed by atoms with Gasteiger partial charge in [0, 0.05) is 23.6 Å². The van der Waals surface area contributed by atoms with Crippen molar-refractivity contribution in [3.05, 3.63) is 33.8 Å². The molecule has 2 nitrogen and oxygen atoms in total. The van der Waals surface area contributed by atoms with E-state index in [0.29, 0.717) is 0 Å². The summed E-state index contributed by atoms with van der Waals surface area (Å²) in [5.74, 6) is 0. The molecular formula is C11H13BrN2. The summed E-state index contributed by atoms with van der Waals surface area (Å²) in [5, 5.41) is 6.49. The summed E-state index contributed by atoms with van der Waals surface area (Å²) >= 11 is 3.49. The molecule has 0 N–H and O–H groups in total. The van der Waals surface area contributed by atoms with E-state index >= 15 is 0 Å². The van der Waals surface area contributed by atoms with Crippen LogP contribution in [0.15, 0.2) is 27.8 Å². The molecule has 0 atom stereocenters. The topological polar surface area (TPSA) is 15.6 Å². The summed E-state index contributed by atoms with van der Waals surface area (Å²) in [5.41, 5.74) is 3.75. The molecule has 0 spiro atoms. The second-order valence-corrected chi connectivity index (χ2v) is 4.53. The molecule has 0 saturated carbocycles. The Morgan fingerprint density at radius 3 is 3.00 bits per heavy atom. The number of hydrazone groups is 1. The highest BCUT2D eigenvalue weighted by molar-refractivity contribution is 9.10. The summed E-state index contributed by atoms with van der Waals surface area (Å²) in [7, 11) is 2.02. The molecule has 0 aliphatic carbocycles. The molecule has 0 radical (unpaired) electrons. The van der Waals surface area contributed by atoms with Gasteiger partial charge in [-0.3, -0.25) is 5.01 Å². The standard InChI is InChI=1S/C11H13BrN2/c1-8-11-7-10(12)4-3-9(11)5-6-14(2)13-8/h3-4,7H,5-6H2,1-2H3. The highest BCUT2D eigenvalue weighted by Crippen LogP contribution is 2.20. The molecule has 1 aromatic carbocycles. The van der Waals surface area contributed by atoms with Gasteiger partial charge in [0.2, 0.25) is 0 Å². The van der Waals surface area contributed by atoms with E-state index in [1.54, 1.807) is 0 Å². The second kappa shape index (κ2) is 3.73. The van der Waals surface area contributed by atoms with Crippen molar-refractivity contribution in [2.45, 2.75) is 13.3 Å². The molecule has 0 unspecified atom stereocenters. The fourth-order valence-corrected chi connectivity index (χ4v) is 2.11. The van der Waals surface area contributed by atoms with Crippen LogP contribution >= 0.6 is 15.9 Å². The highest BCUT2D eigenvalue weighted by Gasteiger charge is 2.11. The Morgan fingerprint density at radius 1 is 1.43 bits per heavy atom. The van der Waals surface area contributed by atoms with Crippen molar-refractivity contribution in [3.63, 3.8) is 0 Å². The van der Waals surface area contributed by atoms with E-state index < -0.39 is 0 Å². The fourth-order valence-electron chi connectivity index (χ4n) is 1.75. The van der Waals surface area contributed by atoms with Crippen molar-refractivity contribution in [3.8, 4) is 0 Å². The molecule has 14 heavy (non-hydrogen) atoms. The monoisotopic (exact) mass is 252 g/mol. The first kappa shape index (κ1) is 9.71. The molecule has 1 aliphatic rings. The maximum atomic E-state index is 4.49. The molecule has 1 aromatic rings. The predicted octanol–water partition coefficient (Wildman–Crippen LogP) is 2.66. The molecular weight excluding hydrogens is 240 g/mol. The Bertz CT molecular complexity index is 385. The number of likely N-dealkylation sites (N-methyl/N-ethyl adjacent to an activating group) is 1. The number of hydrogen-bond acceptors (Lipinski definition) is 2. The lowest BCUT2D eigenvalue weighted by atomic mass is 10.0. The third kappa shape index (κ3) is 1.82. The Morgan fingerprint density at radius 2 is 2.21 bits per heavy atom. The summed E-state index contributed by atoms with van der Waals surface area (Å²) < 4.78 is 1.12. The zero-order valence-corrected chi connectivity index (χ0v) is 10.0. The Kier molecular flexibility index (Phi) is 2.59. The van der Waals surface area contributed by atoms with Gasteiger partial charge in [-0.2, -0.15) is 5.10 Å². The van der Waals surface area contributed by atoms with E-state index in [9.17, 15) is 0 Å². The first-order valence-electron chi connectivity index (χ1n) is 4.72. The maximum absolute atomic E-state index is 4.49. The third-order valence-electron chi connectivity index (χ3n) is 2.49. The van der Waals surface area contributed by atoms with Gasteiger partial charge < -0.3 is 0 Å². The number of rotatable bonds is 0.